The fourth-order valence-corrected chi connectivity index (χ4v) is 2.18. The van der Waals surface area contributed by atoms with Crippen LogP contribution in [-0.4, -0.2) is 39.2 Å². The van der Waals surface area contributed by atoms with Crippen LogP contribution in [0.4, 0.5) is 0 Å². The summed E-state index contributed by atoms with van der Waals surface area (Å²) >= 11 is 0. The number of carbonyl (C=O) groups is 2. The van der Waals surface area contributed by atoms with Crippen molar-refractivity contribution in [3.63, 3.8) is 0 Å². The van der Waals surface area contributed by atoms with Crippen molar-refractivity contribution in [2.45, 2.75) is 38.6 Å². The molecule has 1 rings (SSSR count). The van der Waals surface area contributed by atoms with Gasteiger partial charge in [-0.1, -0.05) is 13.0 Å². The first-order valence-corrected chi connectivity index (χ1v) is 7.61. The number of esters is 1. The molecule has 0 spiro atoms. The number of nitrogens with one attached hydrogen (secondary N) is 1. The molecule has 0 radical (unpaired) electrons. The van der Waals surface area contributed by atoms with E-state index in [0.717, 1.165) is 5.56 Å². The fraction of sp³-hybridized carbons (Fsp3) is 0.529. The van der Waals surface area contributed by atoms with Crippen molar-refractivity contribution in [2.75, 3.05) is 21.3 Å². The summed E-state index contributed by atoms with van der Waals surface area (Å²) in [4.78, 5) is 23.3. The third-order valence-corrected chi connectivity index (χ3v) is 3.59. The maximum Gasteiger partial charge on any atom is 0.307 e. The molecule has 0 aliphatic heterocycles. The van der Waals surface area contributed by atoms with Crippen molar-refractivity contribution in [3.8, 4) is 11.5 Å². The van der Waals surface area contributed by atoms with Crippen LogP contribution in [0.1, 0.15) is 31.7 Å². The molecule has 6 nitrogen and oxygen atoms in total. The molecule has 0 bridgehead atoms. The average molecular weight is 323 g/mol. The van der Waals surface area contributed by atoms with E-state index in [2.05, 4.69) is 10.1 Å². The highest BCUT2D eigenvalue weighted by Crippen LogP contribution is 2.27. The molecule has 1 aromatic rings. The Morgan fingerprint density at radius 3 is 2.39 bits per heavy atom. The molecule has 1 amide bonds. The number of benzene rings is 1. The summed E-state index contributed by atoms with van der Waals surface area (Å²) in [5.41, 5.74) is 0.985. The molecule has 23 heavy (non-hydrogen) atoms. The predicted octanol–water partition coefficient (Wildman–Crippen LogP) is 2.09. The molecule has 0 aromatic heterocycles. The van der Waals surface area contributed by atoms with Crippen molar-refractivity contribution in [1.29, 1.82) is 0 Å². The molecule has 6 heteroatoms. The molecule has 0 aliphatic rings. The summed E-state index contributed by atoms with van der Waals surface area (Å²) in [6, 6.07) is 5.39. The van der Waals surface area contributed by atoms with Crippen molar-refractivity contribution in [3.05, 3.63) is 23.8 Å². The Labute approximate surface area is 137 Å². The Morgan fingerprint density at radius 2 is 1.83 bits per heavy atom. The second-order valence-corrected chi connectivity index (χ2v) is 5.14. The number of carbonyl (C=O) groups excluding carboxylic acids is 2. The van der Waals surface area contributed by atoms with Gasteiger partial charge in [0, 0.05) is 12.5 Å². The Bertz CT molecular complexity index is 530. The highest BCUT2D eigenvalue weighted by molar-refractivity contribution is 5.78. The van der Waals surface area contributed by atoms with Gasteiger partial charge in [-0.3, -0.25) is 9.59 Å². The normalized spacial score (nSPS) is 11.5. The Hall–Kier alpha value is -2.24. The number of ether oxygens (including phenoxy) is 3. The zero-order chi connectivity index (χ0) is 17.2. The minimum absolute atomic E-state index is 0.0875. The van der Waals surface area contributed by atoms with Crippen LogP contribution in [0, 0.1) is 0 Å². The van der Waals surface area contributed by atoms with E-state index in [0.29, 0.717) is 30.8 Å². The smallest absolute Gasteiger partial charge is 0.307 e. The average Bonchev–Trinajstić information content (AvgIpc) is 2.58. The van der Waals surface area contributed by atoms with Crippen LogP contribution in [0.2, 0.25) is 0 Å². The number of rotatable bonds is 9. The zero-order valence-corrected chi connectivity index (χ0v) is 14.2. The molecule has 0 saturated heterocycles. The number of aryl methyl sites for hydroxylation is 1. The maximum absolute atomic E-state index is 12.0. The predicted molar refractivity (Wildman–Crippen MR) is 86.7 cm³/mol. The quantitative estimate of drug-likeness (QED) is 0.705. The first-order valence-electron chi connectivity index (χ1n) is 7.61. The monoisotopic (exact) mass is 323 g/mol. The molecule has 1 N–H and O–H groups in total. The summed E-state index contributed by atoms with van der Waals surface area (Å²) in [7, 11) is 4.50. The van der Waals surface area contributed by atoms with Gasteiger partial charge in [0.05, 0.1) is 27.8 Å². The Balaban J connectivity index is 2.53. The van der Waals surface area contributed by atoms with Gasteiger partial charge < -0.3 is 19.5 Å². The van der Waals surface area contributed by atoms with E-state index in [4.69, 9.17) is 9.47 Å². The highest BCUT2D eigenvalue weighted by Gasteiger charge is 2.15. The largest absolute Gasteiger partial charge is 0.493 e. The van der Waals surface area contributed by atoms with E-state index in [1.54, 1.807) is 14.2 Å². The minimum Gasteiger partial charge on any atom is -0.493 e. The molecular weight excluding hydrogens is 298 g/mol. The number of hydrogen-bond donors (Lipinski definition) is 1. The van der Waals surface area contributed by atoms with E-state index in [9.17, 15) is 9.59 Å². The first kappa shape index (κ1) is 18.8. The molecule has 1 unspecified atom stereocenters. The van der Waals surface area contributed by atoms with E-state index in [-0.39, 0.29) is 24.3 Å². The minimum atomic E-state index is -0.322. The second-order valence-electron chi connectivity index (χ2n) is 5.14. The van der Waals surface area contributed by atoms with Crippen molar-refractivity contribution in [1.82, 2.24) is 5.32 Å². The van der Waals surface area contributed by atoms with Crippen LogP contribution in [0.5, 0.6) is 11.5 Å². The van der Waals surface area contributed by atoms with Gasteiger partial charge in [-0.25, -0.2) is 0 Å². The molecule has 1 atom stereocenters. The van der Waals surface area contributed by atoms with Crippen molar-refractivity contribution < 1.29 is 23.8 Å². The lowest BCUT2D eigenvalue weighted by atomic mass is 10.1. The van der Waals surface area contributed by atoms with E-state index in [1.807, 2.05) is 25.1 Å². The molecule has 0 heterocycles. The lowest BCUT2D eigenvalue weighted by Gasteiger charge is -2.16. The molecule has 0 aliphatic carbocycles. The molecule has 1 aromatic carbocycles. The van der Waals surface area contributed by atoms with E-state index >= 15 is 0 Å². The summed E-state index contributed by atoms with van der Waals surface area (Å²) in [6.07, 6.45) is 1.79. The number of hydrogen-bond acceptors (Lipinski definition) is 5. The van der Waals surface area contributed by atoms with Crippen LogP contribution < -0.4 is 14.8 Å². The molecule has 128 valence electrons. The van der Waals surface area contributed by atoms with Crippen LogP contribution in [-0.2, 0) is 20.7 Å². The van der Waals surface area contributed by atoms with Gasteiger partial charge >= 0.3 is 5.97 Å². The van der Waals surface area contributed by atoms with Crippen LogP contribution in [0.15, 0.2) is 18.2 Å². The molecule has 0 fully saturated rings. The lowest BCUT2D eigenvalue weighted by molar-refractivity contribution is -0.141. The molecule has 0 saturated carbocycles. The molecular formula is C17H25NO5. The van der Waals surface area contributed by atoms with Crippen molar-refractivity contribution in [2.24, 2.45) is 0 Å². The summed E-state index contributed by atoms with van der Waals surface area (Å²) < 4.78 is 15.1. The zero-order valence-electron chi connectivity index (χ0n) is 14.2. The Morgan fingerprint density at radius 1 is 1.13 bits per heavy atom. The fourth-order valence-electron chi connectivity index (χ4n) is 2.18. The Kier molecular flexibility index (Phi) is 7.94. The van der Waals surface area contributed by atoms with Gasteiger partial charge in [0.15, 0.2) is 11.5 Å². The van der Waals surface area contributed by atoms with Crippen LogP contribution >= 0.6 is 0 Å². The third kappa shape index (κ3) is 6.18. The van der Waals surface area contributed by atoms with Gasteiger partial charge in [-0.15, -0.1) is 0 Å². The number of amides is 1. The summed E-state index contributed by atoms with van der Waals surface area (Å²) in [5.74, 6) is 0.889. The SMILES string of the molecule is CCC(CC(=O)OC)NC(=O)CCc1ccc(OC)c(OC)c1. The van der Waals surface area contributed by atoms with Gasteiger partial charge in [0.1, 0.15) is 0 Å². The van der Waals surface area contributed by atoms with Crippen LogP contribution in [0.3, 0.4) is 0 Å². The standard InChI is InChI=1S/C17H25NO5/c1-5-13(11-17(20)23-4)18-16(19)9-7-12-6-8-14(21-2)15(10-12)22-3/h6,8,10,13H,5,7,9,11H2,1-4H3,(H,18,19). The highest BCUT2D eigenvalue weighted by atomic mass is 16.5. The third-order valence-electron chi connectivity index (χ3n) is 3.59. The van der Waals surface area contributed by atoms with E-state index in [1.165, 1.54) is 7.11 Å². The van der Waals surface area contributed by atoms with E-state index < -0.39 is 0 Å². The van der Waals surface area contributed by atoms with Gasteiger partial charge in [-0.2, -0.15) is 0 Å². The maximum atomic E-state index is 12.0. The second kappa shape index (κ2) is 9.71. The summed E-state index contributed by atoms with van der Waals surface area (Å²) in [6.45, 7) is 1.92. The topological polar surface area (TPSA) is 73.9 Å². The van der Waals surface area contributed by atoms with Crippen LogP contribution in [0.25, 0.3) is 0 Å². The van der Waals surface area contributed by atoms with Crippen molar-refractivity contribution >= 4 is 11.9 Å². The van der Waals surface area contributed by atoms with Gasteiger partial charge in [0.25, 0.3) is 0 Å². The lowest BCUT2D eigenvalue weighted by Crippen LogP contribution is -2.36. The first-order chi connectivity index (χ1) is 11.0. The van der Waals surface area contributed by atoms with Gasteiger partial charge in [-0.05, 0) is 30.5 Å². The number of methoxy groups -OCH3 is 3. The summed E-state index contributed by atoms with van der Waals surface area (Å²) in [5, 5.41) is 2.86. The van der Waals surface area contributed by atoms with Gasteiger partial charge in [0.2, 0.25) is 5.91 Å².